The van der Waals surface area contributed by atoms with Crippen LogP contribution in [0.1, 0.15) is 45.2 Å². The molecule has 1 aromatic heterocycles. The maximum atomic E-state index is 13.9. The SMILES string of the molecule is Cc1ccc2c(c1)c1cc(F)ccc1n2C1CCN(C(=O)OC(C)(C)C)CC1. The van der Waals surface area contributed by atoms with Gasteiger partial charge in [0, 0.05) is 40.9 Å². The number of hydrogen-bond acceptors (Lipinski definition) is 2. The second kappa shape index (κ2) is 6.80. The highest BCUT2D eigenvalue weighted by Gasteiger charge is 2.29. The molecule has 0 radical (unpaired) electrons. The highest BCUT2D eigenvalue weighted by Crippen LogP contribution is 2.36. The number of hydrogen-bond donors (Lipinski definition) is 0. The number of carbonyl (C=O) groups excluding carboxylic acids is 1. The Morgan fingerprint density at radius 1 is 1.04 bits per heavy atom. The molecule has 0 aliphatic carbocycles. The van der Waals surface area contributed by atoms with Gasteiger partial charge in [0.1, 0.15) is 11.4 Å². The molecule has 148 valence electrons. The largest absolute Gasteiger partial charge is 0.444 e. The number of carbonyl (C=O) groups is 1. The molecule has 1 aliphatic heterocycles. The fourth-order valence-electron chi connectivity index (χ4n) is 4.17. The van der Waals surface area contributed by atoms with Crippen molar-refractivity contribution < 1.29 is 13.9 Å². The molecule has 28 heavy (non-hydrogen) atoms. The van der Waals surface area contributed by atoms with Crippen LogP contribution in [0.4, 0.5) is 9.18 Å². The van der Waals surface area contributed by atoms with E-state index in [0.717, 1.165) is 40.2 Å². The lowest BCUT2D eigenvalue weighted by molar-refractivity contribution is 0.0191. The number of fused-ring (bicyclic) bond motifs is 3. The molecule has 3 aromatic rings. The van der Waals surface area contributed by atoms with Crippen molar-refractivity contribution in [2.75, 3.05) is 13.1 Å². The number of nitrogens with zero attached hydrogens (tertiary/aromatic N) is 2. The van der Waals surface area contributed by atoms with Gasteiger partial charge in [-0.3, -0.25) is 0 Å². The summed E-state index contributed by atoms with van der Waals surface area (Å²) in [4.78, 5) is 14.2. The van der Waals surface area contributed by atoms with Crippen molar-refractivity contribution in [1.82, 2.24) is 9.47 Å². The summed E-state index contributed by atoms with van der Waals surface area (Å²) in [5.74, 6) is -0.215. The minimum Gasteiger partial charge on any atom is -0.444 e. The minimum atomic E-state index is -0.483. The Hall–Kier alpha value is -2.56. The Morgan fingerprint density at radius 3 is 2.29 bits per heavy atom. The predicted molar refractivity (Wildman–Crippen MR) is 110 cm³/mol. The smallest absolute Gasteiger partial charge is 0.410 e. The first kappa shape index (κ1) is 18.8. The number of ether oxygens (including phenoxy) is 1. The Balaban J connectivity index is 1.66. The lowest BCUT2D eigenvalue weighted by Gasteiger charge is -2.34. The van der Waals surface area contributed by atoms with Gasteiger partial charge < -0.3 is 14.2 Å². The molecule has 1 aliphatic rings. The highest BCUT2D eigenvalue weighted by atomic mass is 19.1. The fraction of sp³-hybridized carbons (Fsp3) is 0.435. The van der Waals surface area contributed by atoms with Crippen molar-refractivity contribution in [3.8, 4) is 0 Å². The second-order valence-electron chi connectivity index (χ2n) is 8.75. The third-order valence-corrected chi connectivity index (χ3v) is 5.40. The molecule has 5 heteroatoms. The number of rotatable bonds is 1. The van der Waals surface area contributed by atoms with Gasteiger partial charge in [0.05, 0.1) is 0 Å². The Labute approximate surface area is 164 Å². The van der Waals surface area contributed by atoms with Crippen LogP contribution in [0.25, 0.3) is 21.8 Å². The van der Waals surface area contributed by atoms with Crippen molar-refractivity contribution in [3.05, 3.63) is 47.8 Å². The van der Waals surface area contributed by atoms with Crippen LogP contribution in [0.5, 0.6) is 0 Å². The maximum Gasteiger partial charge on any atom is 0.410 e. The number of benzene rings is 2. The van der Waals surface area contributed by atoms with E-state index in [1.54, 1.807) is 11.0 Å². The van der Waals surface area contributed by atoms with E-state index < -0.39 is 5.60 Å². The van der Waals surface area contributed by atoms with E-state index in [4.69, 9.17) is 4.74 Å². The quantitative estimate of drug-likeness (QED) is 0.532. The first-order chi connectivity index (χ1) is 13.2. The summed E-state index contributed by atoms with van der Waals surface area (Å²) >= 11 is 0. The van der Waals surface area contributed by atoms with Crippen LogP contribution in [0.3, 0.4) is 0 Å². The molecule has 0 N–H and O–H groups in total. The summed E-state index contributed by atoms with van der Waals surface area (Å²) in [5, 5.41) is 2.04. The van der Waals surface area contributed by atoms with Crippen LogP contribution in [0.15, 0.2) is 36.4 Å². The van der Waals surface area contributed by atoms with Crippen molar-refractivity contribution in [2.45, 2.75) is 52.2 Å². The first-order valence-electron chi connectivity index (χ1n) is 9.91. The Bertz CT molecular complexity index is 981. The number of piperidine rings is 1. The van der Waals surface area contributed by atoms with E-state index in [-0.39, 0.29) is 18.0 Å². The van der Waals surface area contributed by atoms with Gasteiger partial charge in [-0.15, -0.1) is 0 Å². The van der Waals surface area contributed by atoms with E-state index in [1.807, 2.05) is 26.8 Å². The molecular formula is C23H27FN2O2. The Morgan fingerprint density at radius 2 is 1.64 bits per heavy atom. The molecule has 2 heterocycles. The molecule has 4 rings (SSSR count). The summed E-state index contributed by atoms with van der Waals surface area (Å²) in [7, 11) is 0. The number of aryl methyl sites for hydroxylation is 1. The van der Waals surface area contributed by atoms with Gasteiger partial charge in [0.2, 0.25) is 0 Å². The van der Waals surface area contributed by atoms with Gasteiger partial charge in [-0.05, 0) is 70.9 Å². The molecule has 1 amide bonds. The van der Waals surface area contributed by atoms with E-state index in [2.05, 4.69) is 29.7 Å². The van der Waals surface area contributed by atoms with Gasteiger partial charge in [-0.25, -0.2) is 9.18 Å². The van der Waals surface area contributed by atoms with Crippen molar-refractivity contribution in [3.63, 3.8) is 0 Å². The lowest BCUT2D eigenvalue weighted by Crippen LogP contribution is -2.42. The van der Waals surface area contributed by atoms with Crippen LogP contribution in [0, 0.1) is 12.7 Å². The fourth-order valence-corrected chi connectivity index (χ4v) is 4.17. The van der Waals surface area contributed by atoms with Crippen LogP contribution < -0.4 is 0 Å². The summed E-state index contributed by atoms with van der Waals surface area (Å²) in [6, 6.07) is 11.7. The zero-order valence-electron chi connectivity index (χ0n) is 17.0. The molecule has 0 unspecified atom stereocenters. The number of amides is 1. The molecule has 0 spiro atoms. The minimum absolute atomic E-state index is 0.215. The van der Waals surface area contributed by atoms with Gasteiger partial charge >= 0.3 is 6.09 Å². The molecule has 0 bridgehead atoms. The molecule has 1 fully saturated rings. The summed E-state index contributed by atoms with van der Waals surface area (Å²) in [6.45, 7) is 9.04. The van der Waals surface area contributed by atoms with Gasteiger partial charge in [-0.1, -0.05) is 11.6 Å². The molecule has 0 saturated carbocycles. The van der Waals surface area contributed by atoms with Gasteiger partial charge in [0.25, 0.3) is 0 Å². The van der Waals surface area contributed by atoms with Crippen molar-refractivity contribution in [2.24, 2.45) is 0 Å². The Kier molecular flexibility index (Phi) is 4.56. The predicted octanol–water partition coefficient (Wildman–Crippen LogP) is 5.81. The van der Waals surface area contributed by atoms with Gasteiger partial charge in [-0.2, -0.15) is 0 Å². The average Bonchev–Trinajstić information content (AvgIpc) is 2.93. The summed E-state index contributed by atoms with van der Waals surface area (Å²) in [6.07, 6.45) is 1.46. The average molecular weight is 382 g/mol. The van der Waals surface area contributed by atoms with Crippen molar-refractivity contribution in [1.29, 1.82) is 0 Å². The van der Waals surface area contributed by atoms with E-state index in [9.17, 15) is 9.18 Å². The maximum absolute atomic E-state index is 13.9. The summed E-state index contributed by atoms with van der Waals surface area (Å²) in [5.41, 5.74) is 2.86. The normalized spacial score (nSPS) is 16.1. The molecule has 2 aromatic carbocycles. The van der Waals surface area contributed by atoms with E-state index in [0.29, 0.717) is 13.1 Å². The van der Waals surface area contributed by atoms with E-state index in [1.165, 1.54) is 6.07 Å². The van der Waals surface area contributed by atoms with E-state index >= 15 is 0 Å². The van der Waals surface area contributed by atoms with Crippen LogP contribution in [0.2, 0.25) is 0 Å². The standard InChI is InChI=1S/C23H27FN2O2/c1-15-5-7-20-18(13-15)19-14-16(24)6-8-21(19)26(20)17-9-11-25(12-10-17)22(27)28-23(2,3)4/h5-8,13-14,17H,9-12H2,1-4H3. The molecule has 4 nitrogen and oxygen atoms in total. The summed E-state index contributed by atoms with van der Waals surface area (Å²) < 4.78 is 21.8. The van der Waals surface area contributed by atoms with Crippen molar-refractivity contribution >= 4 is 27.9 Å². The van der Waals surface area contributed by atoms with Crippen LogP contribution >= 0.6 is 0 Å². The first-order valence-corrected chi connectivity index (χ1v) is 9.91. The molecular weight excluding hydrogens is 355 g/mol. The number of halogens is 1. The van der Waals surface area contributed by atoms with Gasteiger partial charge in [0.15, 0.2) is 0 Å². The number of aromatic nitrogens is 1. The highest BCUT2D eigenvalue weighted by molar-refractivity contribution is 6.08. The van der Waals surface area contributed by atoms with Crippen LogP contribution in [-0.4, -0.2) is 34.3 Å². The second-order valence-corrected chi connectivity index (χ2v) is 8.75. The number of likely N-dealkylation sites (tertiary alicyclic amines) is 1. The topological polar surface area (TPSA) is 34.5 Å². The lowest BCUT2D eigenvalue weighted by atomic mass is 10.0. The third kappa shape index (κ3) is 3.46. The molecule has 0 atom stereocenters. The zero-order chi connectivity index (χ0) is 20.1. The molecule has 1 saturated heterocycles. The third-order valence-electron chi connectivity index (χ3n) is 5.40. The van der Waals surface area contributed by atoms with Crippen LogP contribution in [-0.2, 0) is 4.74 Å². The zero-order valence-corrected chi connectivity index (χ0v) is 17.0. The monoisotopic (exact) mass is 382 g/mol.